The van der Waals surface area contributed by atoms with Crippen molar-refractivity contribution in [1.82, 2.24) is 0 Å². The molecule has 1 aliphatic rings. The summed E-state index contributed by atoms with van der Waals surface area (Å²) in [5.74, 6) is -0.437. The lowest BCUT2D eigenvalue weighted by molar-refractivity contribution is 0.0210. The molecule has 0 bridgehead atoms. The van der Waals surface area contributed by atoms with Gasteiger partial charge in [-0.05, 0) is 17.7 Å². The standard InChI is InChI=1S/C17H16O7/c1-22-9-6-11(19)14-13(7-9)24-17(16(21)15(14)20)8-3-4-10(18)12(5-8)23-2/h3-7,16-19,21H,1-2H3/t16-,17+/m1/s1. The highest BCUT2D eigenvalue weighted by Crippen LogP contribution is 2.43. The molecule has 0 unspecified atom stereocenters. The predicted molar refractivity (Wildman–Crippen MR) is 83.0 cm³/mol. The number of ether oxygens (including phenoxy) is 3. The molecule has 0 aromatic heterocycles. The van der Waals surface area contributed by atoms with Gasteiger partial charge in [-0.15, -0.1) is 0 Å². The number of benzene rings is 2. The number of phenols is 2. The number of aromatic hydroxyl groups is 2. The highest BCUT2D eigenvalue weighted by molar-refractivity contribution is 6.05. The maximum absolute atomic E-state index is 12.4. The second kappa shape index (κ2) is 5.93. The fourth-order valence-electron chi connectivity index (χ4n) is 2.64. The molecule has 0 aliphatic carbocycles. The number of aliphatic hydroxyl groups excluding tert-OH is 1. The number of carbonyl (C=O) groups is 1. The van der Waals surface area contributed by atoms with Crippen LogP contribution >= 0.6 is 0 Å². The summed E-state index contributed by atoms with van der Waals surface area (Å²) in [6.45, 7) is 0. The highest BCUT2D eigenvalue weighted by atomic mass is 16.5. The minimum atomic E-state index is -1.51. The van der Waals surface area contributed by atoms with Crippen molar-refractivity contribution in [3.8, 4) is 28.7 Å². The second-order valence-electron chi connectivity index (χ2n) is 5.30. The molecule has 7 heteroatoms. The van der Waals surface area contributed by atoms with E-state index in [1.54, 1.807) is 0 Å². The van der Waals surface area contributed by atoms with Crippen molar-refractivity contribution >= 4 is 5.78 Å². The molecule has 0 fully saturated rings. The van der Waals surface area contributed by atoms with E-state index in [0.29, 0.717) is 11.3 Å². The zero-order valence-corrected chi connectivity index (χ0v) is 13.0. The molecule has 3 N–H and O–H groups in total. The zero-order valence-electron chi connectivity index (χ0n) is 13.0. The maximum atomic E-state index is 12.4. The normalized spacial score (nSPS) is 19.4. The summed E-state index contributed by atoms with van der Waals surface area (Å²) in [5, 5.41) is 30.0. The van der Waals surface area contributed by atoms with E-state index in [4.69, 9.17) is 14.2 Å². The third-order valence-corrected chi connectivity index (χ3v) is 3.88. The molecule has 24 heavy (non-hydrogen) atoms. The lowest BCUT2D eigenvalue weighted by Crippen LogP contribution is -2.36. The van der Waals surface area contributed by atoms with Crippen molar-refractivity contribution in [2.45, 2.75) is 12.2 Å². The van der Waals surface area contributed by atoms with Gasteiger partial charge in [0.25, 0.3) is 0 Å². The largest absolute Gasteiger partial charge is 0.507 e. The van der Waals surface area contributed by atoms with E-state index >= 15 is 0 Å². The van der Waals surface area contributed by atoms with Crippen molar-refractivity contribution < 1.29 is 34.3 Å². The van der Waals surface area contributed by atoms with Gasteiger partial charge in [0.2, 0.25) is 5.78 Å². The quantitative estimate of drug-likeness (QED) is 0.787. The van der Waals surface area contributed by atoms with Gasteiger partial charge in [0.1, 0.15) is 22.8 Å². The Bertz CT molecular complexity index is 800. The number of rotatable bonds is 3. The number of fused-ring (bicyclic) bond motifs is 1. The Morgan fingerprint density at radius 1 is 1.04 bits per heavy atom. The number of hydrogen-bond donors (Lipinski definition) is 3. The first kappa shape index (κ1) is 15.9. The predicted octanol–water partition coefficient (Wildman–Crippen LogP) is 1.79. The van der Waals surface area contributed by atoms with E-state index in [1.165, 1.54) is 44.6 Å². The molecule has 1 heterocycles. The molecule has 7 nitrogen and oxygen atoms in total. The first-order valence-corrected chi connectivity index (χ1v) is 7.13. The fourth-order valence-corrected chi connectivity index (χ4v) is 2.64. The highest BCUT2D eigenvalue weighted by Gasteiger charge is 2.39. The molecule has 2 atom stereocenters. The smallest absolute Gasteiger partial charge is 0.202 e. The molecule has 0 amide bonds. The number of Topliss-reactive ketones (excluding diaryl/α,β-unsaturated/α-hetero) is 1. The van der Waals surface area contributed by atoms with Gasteiger partial charge >= 0.3 is 0 Å². The number of carbonyl (C=O) groups excluding carboxylic acids is 1. The number of methoxy groups -OCH3 is 2. The summed E-state index contributed by atoms with van der Waals surface area (Å²) >= 11 is 0. The molecule has 3 rings (SSSR count). The maximum Gasteiger partial charge on any atom is 0.202 e. The molecule has 2 aromatic carbocycles. The van der Waals surface area contributed by atoms with E-state index in [-0.39, 0.29) is 28.6 Å². The molecular weight excluding hydrogens is 316 g/mol. The topological polar surface area (TPSA) is 105 Å². The average Bonchev–Trinajstić information content (AvgIpc) is 2.58. The van der Waals surface area contributed by atoms with Crippen LogP contribution < -0.4 is 14.2 Å². The minimum absolute atomic E-state index is 0.0717. The summed E-state index contributed by atoms with van der Waals surface area (Å²) < 4.78 is 15.8. The van der Waals surface area contributed by atoms with Crippen LogP contribution in [0, 0.1) is 0 Å². The van der Waals surface area contributed by atoms with Gasteiger partial charge in [-0.1, -0.05) is 6.07 Å². The van der Waals surface area contributed by atoms with Gasteiger partial charge in [-0.25, -0.2) is 0 Å². The number of hydrogen-bond acceptors (Lipinski definition) is 7. The average molecular weight is 332 g/mol. The van der Waals surface area contributed by atoms with Crippen molar-refractivity contribution in [1.29, 1.82) is 0 Å². The first-order chi connectivity index (χ1) is 11.5. The summed E-state index contributed by atoms with van der Waals surface area (Å²) in [7, 11) is 2.81. The van der Waals surface area contributed by atoms with Crippen molar-refractivity contribution in [2.24, 2.45) is 0 Å². The molecule has 1 aliphatic heterocycles. The van der Waals surface area contributed by atoms with Crippen molar-refractivity contribution in [2.75, 3.05) is 14.2 Å². The Balaban J connectivity index is 2.07. The summed E-state index contributed by atoms with van der Waals surface area (Å²) in [6.07, 6.45) is -2.52. The van der Waals surface area contributed by atoms with Gasteiger partial charge in [0.15, 0.2) is 23.7 Å². The molecule has 0 spiro atoms. The van der Waals surface area contributed by atoms with E-state index in [1.807, 2.05) is 0 Å². The molecule has 0 saturated carbocycles. The summed E-state index contributed by atoms with van der Waals surface area (Å²) in [4.78, 5) is 12.4. The van der Waals surface area contributed by atoms with Crippen LogP contribution in [0.15, 0.2) is 30.3 Å². The third-order valence-electron chi connectivity index (χ3n) is 3.88. The van der Waals surface area contributed by atoms with Crippen LogP contribution in [-0.2, 0) is 0 Å². The van der Waals surface area contributed by atoms with E-state index in [2.05, 4.69) is 0 Å². The molecule has 126 valence electrons. The zero-order chi connectivity index (χ0) is 17.4. The molecule has 0 radical (unpaired) electrons. The van der Waals surface area contributed by atoms with Gasteiger partial charge in [0.05, 0.1) is 14.2 Å². The monoisotopic (exact) mass is 332 g/mol. The molecular formula is C17H16O7. The minimum Gasteiger partial charge on any atom is -0.507 e. The van der Waals surface area contributed by atoms with Crippen LogP contribution in [0.5, 0.6) is 28.7 Å². The summed E-state index contributed by atoms with van der Waals surface area (Å²) in [6, 6.07) is 7.11. The Morgan fingerprint density at radius 3 is 2.46 bits per heavy atom. The lowest BCUT2D eigenvalue weighted by atomic mass is 9.92. The number of aliphatic hydroxyl groups is 1. The van der Waals surface area contributed by atoms with E-state index in [0.717, 1.165) is 0 Å². The van der Waals surface area contributed by atoms with Crippen LogP contribution in [0.2, 0.25) is 0 Å². The molecule has 0 saturated heterocycles. The van der Waals surface area contributed by atoms with E-state index < -0.39 is 18.0 Å². The fraction of sp³-hybridized carbons (Fsp3) is 0.235. The van der Waals surface area contributed by atoms with Gasteiger partial charge in [-0.3, -0.25) is 4.79 Å². The van der Waals surface area contributed by atoms with E-state index in [9.17, 15) is 20.1 Å². The van der Waals surface area contributed by atoms with Crippen molar-refractivity contribution in [3.05, 3.63) is 41.5 Å². The van der Waals surface area contributed by atoms with Crippen LogP contribution in [0.3, 0.4) is 0 Å². The Labute approximate surface area is 137 Å². The van der Waals surface area contributed by atoms with Crippen LogP contribution in [0.1, 0.15) is 22.0 Å². The second-order valence-corrected chi connectivity index (χ2v) is 5.30. The summed E-state index contributed by atoms with van der Waals surface area (Å²) in [5.41, 5.74) is 0.351. The Kier molecular flexibility index (Phi) is 3.94. The van der Waals surface area contributed by atoms with Crippen LogP contribution in [-0.4, -0.2) is 41.4 Å². The van der Waals surface area contributed by atoms with Crippen LogP contribution in [0.4, 0.5) is 0 Å². The van der Waals surface area contributed by atoms with Gasteiger partial charge in [-0.2, -0.15) is 0 Å². The number of ketones is 1. The molecule has 2 aromatic rings. The Morgan fingerprint density at radius 2 is 1.79 bits per heavy atom. The van der Waals surface area contributed by atoms with Gasteiger partial charge < -0.3 is 29.5 Å². The number of phenolic OH excluding ortho intramolecular Hbond substituents is 2. The lowest BCUT2D eigenvalue weighted by Gasteiger charge is -2.30. The van der Waals surface area contributed by atoms with Crippen molar-refractivity contribution in [3.63, 3.8) is 0 Å². The first-order valence-electron chi connectivity index (χ1n) is 7.13. The third kappa shape index (κ3) is 2.48. The van der Waals surface area contributed by atoms with Crippen LogP contribution in [0.25, 0.3) is 0 Å². The SMILES string of the molecule is COc1cc(O)c2c(c1)O[C@@H](c1ccc(O)c(OC)c1)[C@H](O)C2=O. The van der Waals surface area contributed by atoms with Gasteiger partial charge in [0, 0.05) is 12.1 Å². The Hall–Kier alpha value is -2.93.